The van der Waals surface area contributed by atoms with E-state index in [1.165, 1.54) is 0 Å². The first-order valence-corrected chi connectivity index (χ1v) is 9.89. The Kier molecular flexibility index (Phi) is 5.63. The van der Waals surface area contributed by atoms with Crippen LogP contribution in [-0.4, -0.2) is 32.6 Å². The summed E-state index contributed by atoms with van der Waals surface area (Å²) in [5.74, 6) is 2.73. The Morgan fingerprint density at radius 1 is 1.19 bits per heavy atom. The van der Waals surface area contributed by atoms with Gasteiger partial charge >= 0.3 is 0 Å². The monoisotopic (exact) mass is 369 g/mol. The second-order valence-electron chi connectivity index (χ2n) is 8.87. The molecule has 2 aromatic heterocycles. The van der Waals surface area contributed by atoms with Crippen molar-refractivity contribution in [3.05, 3.63) is 46.5 Å². The molecule has 0 unspecified atom stereocenters. The fourth-order valence-corrected chi connectivity index (χ4v) is 3.41. The highest BCUT2D eigenvalue weighted by Crippen LogP contribution is 2.24. The zero-order valence-electron chi connectivity index (χ0n) is 17.1. The third kappa shape index (κ3) is 4.73. The second-order valence-corrected chi connectivity index (χ2v) is 8.87. The summed E-state index contributed by atoms with van der Waals surface area (Å²) in [7, 11) is 0. The summed E-state index contributed by atoms with van der Waals surface area (Å²) >= 11 is 0. The molecule has 1 aliphatic heterocycles. The Morgan fingerprint density at radius 3 is 2.48 bits per heavy atom. The number of rotatable bonds is 4. The summed E-state index contributed by atoms with van der Waals surface area (Å²) in [5, 5.41) is 0. The van der Waals surface area contributed by atoms with Crippen LogP contribution >= 0.6 is 0 Å². The number of anilines is 1. The minimum Gasteiger partial charge on any atom is -0.356 e. The van der Waals surface area contributed by atoms with Crippen molar-refractivity contribution in [2.45, 2.75) is 65.3 Å². The highest BCUT2D eigenvalue weighted by molar-refractivity contribution is 5.38. The average molecular weight is 370 g/mol. The van der Waals surface area contributed by atoms with E-state index in [4.69, 9.17) is 4.98 Å². The summed E-state index contributed by atoms with van der Waals surface area (Å²) in [6.07, 6.45) is 5.67. The molecule has 2 aromatic rings. The molecule has 0 radical (unpaired) electrons. The fraction of sp³-hybridized carbons (Fsp3) is 0.619. The van der Waals surface area contributed by atoms with Crippen molar-refractivity contribution in [2.24, 2.45) is 5.92 Å². The highest BCUT2D eigenvalue weighted by Gasteiger charge is 2.22. The summed E-state index contributed by atoms with van der Waals surface area (Å²) in [5.41, 5.74) is 0.800. The first-order chi connectivity index (χ1) is 12.7. The van der Waals surface area contributed by atoms with Crippen LogP contribution in [0.15, 0.2) is 29.5 Å². The van der Waals surface area contributed by atoms with Crippen molar-refractivity contribution in [3.8, 4) is 0 Å². The van der Waals surface area contributed by atoms with E-state index in [1.807, 2.05) is 12.3 Å². The molecule has 0 atom stereocenters. The molecular weight excluding hydrogens is 338 g/mol. The maximum absolute atomic E-state index is 12.4. The van der Waals surface area contributed by atoms with Gasteiger partial charge < -0.3 is 4.90 Å². The van der Waals surface area contributed by atoms with E-state index >= 15 is 0 Å². The van der Waals surface area contributed by atoms with Gasteiger partial charge in [0.25, 0.3) is 5.56 Å². The standard InChI is InChI=1S/C21H31N5O/c1-15(2)20-22-9-6-18(24-20)25-10-7-16(8-11-25)13-26-14-23-17(12-19(26)27)21(3,4)5/h6,9,12,14-16H,7-8,10-11,13H2,1-5H3. The van der Waals surface area contributed by atoms with Crippen LogP contribution in [0.3, 0.4) is 0 Å². The molecule has 0 spiro atoms. The van der Waals surface area contributed by atoms with Crippen LogP contribution in [0.5, 0.6) is 0 Å². The van der Waals surface area contributed by atoms with Gasteiger partial charge in [-0.3, -0.25) is 9.36 Å². The molecule has 0 saturated carbocycles. The van der Waals surface area contributed by atoms with Gasteiger partial charge in [0.2, 0.25) is 0 Å². The Balaban J connectivity index is 1.62. The van der Waals surface area contributed by atoms with Gasteiger partial charge in [-0.05, 0) is 24.8 Å². The van der Waals surface area contributed by atoms with Crippen molar-refractivity contribution in [1.29, 1.82) is 0 Å². The SMILES string of the molecule is CC(C)c1nccc(N2CCC(Cn3cnc(C(C)(C)C)cc3=O)CC2)n1. The lowest BCUT2D eigenvalue weighted by molar-refractivity contribution is 0.349. The number of nitrogens with zero attached hydrogens (tertiary/aromatic N) is 5. The zero-order valence-corrected chi connectivity index (χ0v) is 17.1. The summed E-state index contributed by atoms with van der Waals surface area (Å²) in [6, 6.07) is 3.68. The van der Waals surface area contributed by atoms with E-state index in [9.17, 15) is 4.79 Å². The topological polar surface area (TPSA) is 63.9 Å². The largest absolute Gasteiger partial charge is 0.356 e. The molecule has 1 saturated heterocycles. The first kappa shape index (κ1) is 19.5. The van der Waals surface area contributed by atoms with E-state index in [1.54, 1.807) is 17.0 Å². The van der Waals surface area contributed by atoms with E-state index in [0.717, 1.165) is 49.8 Å². The van der Waals surface area contributed by atoms with Crippen LogP contribution in [0.4, 0.5) is 5.82 Å². The van der Waals surface area contributed by atoms with Gasteiger partial charge in [-0.1, -0.05) is 34.6 Å². The number of piperidine rings is 1. The Hall–Kier alpha value is -2.24. The van der Waals surface area contributed by atoms with E-state index in [2.05, 4.69) is 49.5 Å². The van der Waals surface area contributed by atoms with Gasteiger partial charge in [0, 0.05) is 43.2 Å². The van der Waals surface area contributed by atoms with Crippen molar-refractivity contribution >= 4 is 5.82 Å². The van der Waals surface area contributed by atoms with E-state index < -0.39 is 0 Å². The van der Waals surface area contributed by atoms with Crippen LogP contribution in [-0.2, 0) is 12.0 Å². The Bertz CT molecular complexity index is 829. The molecule has 1 aliphatic rings. The molecule has 0 aliphatic carbocycles. The first-order valence-electron chi connectivity index (χ1n) is 9.89. The maximum atomic E-state index is 12.4. The summed E-state index contributed by atoms with van der Waals surface area (Å²) in [6.45, 7) is 13.1. The lowest BCUT2D eigenvalue weighted by atomic mass is 9.92. The molecule has 6 heteroatoms. The lowest BCUT2D eigenvalue weighted by Gasteiger charge is -2.33. The zero-order chi connectivity index (χ0) is 19.6. The molecule has 27 heavy (non-hydrogen) atoms. The molecule has 1 fully saturated rings. The van der Waals surface area contributed by atoms with Crippen molar-refractivity contribution in [2.75, 3.05) is 18.0 Å². The predicted molar refractivity (Wildman–Crippen MR) is 108 cm³/mol. The van der Waals surface area contributed by atoms with Gasteiger partial charge in [0.15, 0.2) is 0 Å². The van der Waals surface area contributed by atoms with E-state index in [0.29, 0.717) is 11.8 Å². The predicted octanol–water partition coefficient (Wildman–Crippen LogP) is 3.37. The molecule has 6 nitrogen and oxygen atoms in total. The third-order valence-electron chi connectivity index (χ3n) is 5.22. The number of hydrogen-bond acceptors (Lipinski definition) is 5. The summed E-state index contributed by atoms with van der Waals surface area (Å²) < 4.78 is 1.76. The third-order valence-corrected chi connectivity index (χ3v) is 5.22. The molecule has 0 aromatic carbocycles. The molecule has 0 N–H and O–H groups in total. The Morgan fingerprint density at radius 2 is 1.89 bits per heavy atom. The van der Waals surface area contributed by atoms with Gasteiger partial charge in [-0.2, -0.15) is 0 Å². The molecular formula is C21H31N5O. The highest BCUT2D eigenvalue weighted by atomic mass is 16.1. The Labute approximate surface area is 161 Å². The molecule has 3 rings (SSSR count). The van der Waals surface area contributed by atoms with Gasteiger partial charge in [-0.15, -0.1) is 0 Å². The average Bonchev–Trinajstić information content (AvgIpc) is 2.63. The fourth-order valence-electron chi connectivity index (χ4n) is 3.41. The quantitative estimate of drug-likeness (QED) is 0.827. The number of hydrogen-bond donors (Lipinski definition) is 0. The number of aromatic nitrogens is 4. The van der Waals surface area contributed by atoms with Gasteiger partial charge in [-0.25, -0.2) is 15.0 Å². The normalized spacial score (nSPS) is 16.1. The van der Waals surface area contributed by atoms with Crippen LogP contribution < -0.4 is 10.5 Å². The van der Waals surface area contributed by atoms with Crippen LogP contribution in [0.2, 0.25) is 0 Å². The molecule has 3 heterocycles. The molecule has 146 valence electrons. The molecule has 0 bridgehead atoms. The maximum Gasteiger partial charge on any atom is 0.253 e. The van der Waals surface area contributed by atoms with Crippen LogP contribution in [0.25, 0.3) is 0 Å². The van der Waals surface area contributed by atoms with E-state index in [-0.39, 0.29) is 11.0 Å². The van der Waals surface area contributed by atoms with Gasteiger partial charge in [0.05, 0.1) is 12.0 Å². The lowest BCUT2D eigenvalue weighted by Crippen LogP contribution is -2.37. The van der Waals surface area contributed by atoms with Gasteiger partial charge in [0.1, 0.15) is 11.6 Å². The van der Waals surface area contributed by atoms with Crippen LogP contribution in [0, 0.1) is 5.92 Å². The summed E-state index contributed by atoms with van der Waals surface area (Å²) in [4.78, 5) is 28.3. The van der Waals surface area contributed by atoms with Crippen molar-refractivity contribution < 1.29 is 0 Å². The second kappa shape index (κ2) is 7.79. The van der Waals surface area contributed by atoms with Crippen LogP contribution in [0.1, 0.15) is 64.9 Å². The minimum atomic E-state index is -0.101. The minimum absolute atomic E-state index is 0.0507. The van der Waals surface area contributed by atoms with Crippen molar-refractivity contribution in [3.63, 3.8) is 0 Å². The molecule has 0 amide bonds. The van der Waals surface area contributed by atoms with Crippen molar-refractivity contribution in [1.82, 2.24) is 19.5 Å². The smallest absolute Gasteiger partial charge is 0.253 e.